The van der Waals surface area contributed by atoms with Crippen LogP contribution < -0.4 is 0 Å². The minimum absolute atomic E-state index is 0.516. The maximum atomic E-state index is 6.21. The van der Waals surface area contributed by atoms with Crippen LogP contribution in [-0.4, -0.2) is 21.1 Å². The zero-order valence-corrected chi connectivity index (χ0v) is 11.5. The zero-order valence-electron chi connectivity index (χ0n) is 9.16. The summed E-state index contributed by atoms with van der Waals surface area (Å²) in [6.07, 6.45) is 2.10. The second kappa shape index (κ2) is 4.82. The zero-order chi connectivity index (χ0) is 11.7. The van der Waals surface area contributed by atoms with Gasteiger partial charge in [0.25, 0.3) is 0 Å². The van der Waals surface area contributed by atoms with Gasteiger partial charge in [0.05, 0.1) is 16.1 Å². The van der Waals surface area contributed by atoms with Gasteiger partial charge < -0.3 is 9.55 Å². The van der Waals surface area contributed by atoms with Crippen molar-refractivity contribution in [3.63, 3.8) is 0 Å². The normalized spacial score (nSPS) is 13.2. The maximum absolute atomic E-state index is 6.21. The molecule has 2 rings (SSSR count). The Hall–Kier alpha value is -0.450. The highest BCUT2D eigenvalue weighted by atomic mass is 35.5. The van der Waals surface area contributed by atoms with E-state index in [1.165, 1.54) is 0 Å². The highest BCUT2D eigenvalue weighted by Gasteiger charge is 2.10. The summed E-state index contributed by atoms with van der Waals surface area (Å²) in [7, 11) is 0. The van der Waals surface area contributed by atoms with Crippen LogP contribution in [0.3, 0.4) is 0 Å². The lowest BCUT2D eigenvalue weighted by Gasteiger charge is -2.10. The molecule has 0 saturated carbocycles. The quantitative estimate of drug-likeness (QED) is 0.849. The first kappa shape index (κ1) is 12.0. The summed E-state index contributed by atoms with van der Waals surface area (Å²) in [4.78, 5) is 3.18. The second-order valence-electron chi connectivity index (χ2n) is 3.72. The molecule has 1 unspecified atom stereocenters. The van der Waals surface area contributed by atoms with E-state index >= 15 is 0 Å². The predicted molar refractivity (Wildman–Crippen MR) is 75.1 cm³/mol. The molecule has 2 nitrogen and oxygen atoms in total. The molecular weight excluding hydrogens is 260 g/mol. The van der Waals surface area contributed by atoms with Crippen molar-refractivity contribution >= 4 is 46.6 Å². The molecule has 0 aliphatic carbocycles. The number of imidazole rings is 1. The van der Waals surface area contributed by atoms with Crippen LogP contribution in [0.4, 0.5) is 0 Å². The standard InChI is InChI=1S/C11H13ClN2S2/c1-7(16-2)6-14-10-8(12)4-3-5-9(10)13-11(14)15/h3-5,7H,6H2,1-2H3,(H,13,15). The van der Waals surface area contributed by atoms with Crippen molar-refractivity contribution in [1.82, 2.24) is 9.55 Å². The number of aromatic amines is 1. The first-order chi connectivity index (χ1) is 7.63. The summed E-state index contributed by atoms with van der Waals surface area (Å²) < 4.78 is 2.82. The van der Waals surface area contributed by atoms with Gasteiger partial charge >= 0.3 is 0 Å². The molecule has 0 saturated heterocycles. The Morgan fingerprint density at radius 2 is 2.31 bits per heavy atom. The fraction of sp³-hybridized carbons (Fsp3) is 0.364. The molecule has 2 aromatic rings. The SMILES string of the molecule is CSC(C)Cn1c(=S)[nH]c2cccc(Cl)c21. The van der Waals surface area contributed by atoms with Gasteiger partial charge in [-0.05, 0) is 30.6 Å². The Morgan fingerprint density at radius 1 is 1.56 bits per heavy atom. The maximum Gasteiger partial charge on any atom is 0.178 e. The molecule has 0 aliphatic rings. The van der Waals surface area contributed by atoms with E-state index in [0.29, 0.717) is 5.25 Å². The number of aromatic nitrogens is 2. The number of rotatable bonds is 3. The molecule has 86 valence electrons. The summed E-state index contributed by atoms with van der Waals surface area (Å²) in [6.45, 7) is 3.06. The summed E-state index contributed by atoms with van der Waals surface area (Å²) >= 11 is 13.3. The summed E-state index contributed by atoms with van der Waals surface area (Å²) in [6, 6.07) is 5.82. The largest absolute Gasteiger partial charge is 0.331 e. The molecule has 1 heterocycles. The number of para-hydroxylation sites is 1. The molecule has 0 fully saturated rings. The third-order valence-corrected chi connectivity index (χ3v) is 4.17. The third kappa shape index (κ3) is 2.14. The van der Waals surface area contributed by atoms with E-state index in [2.05, 4.69) is 22.7 Å². The van der Waals surface area contributed by atoms with Crippen LogP contribution in [-0.2, 0) is 6.54 Å². The fourth-order valence-electron chi connectivity index (χ4n) is 1.68. The lowest BCUT2D eigenvalue weighted by molar-refractivity contribution is 0.702. The number of fused-ring (bicyclic) bond motifs is 1. The highest BCUT2D eigenvalue weighted by Crippen LogP contribution is 2.24. The number of hydrogen-bond acceptors (Lipinski definition) is 2. The molecule has 0 radical (unpaired) electrons. The first-order valence-corrected chi connectivity index (χ1v) is 7.10. The van der Waals surface area contributed by atoms with Crippen LogP contribution in [0, 0.1) is 4.77 Å². The monoisotopic (exact) mass is 272 g/mol. The molecule has 5 heteroatoms. The predicted octanol–water partition coefficient (Wildman–Crippen LogP) is 4.10. The van der Waals surface area contributed by atoms with Crippen molar-refractivity contribution < 1.29 is 0 Å². The van der Waals surface area contributed by atoms with E-state index in [1.807, 2.05) is 30.0 Å². The Bertz CT molecular complexity index is 559. The minimum Gasteiger partial charge on any atom is -0.331 e. The van der Waals surface area contributed by atoms with Crippen molar-refractivity contribution in [3.8, 4) is 0 Å². The molecule has 1 atom stereocenters. The van der Waals surface area contributed by atoms with Gasteiger partial charge in [-0.2, -0.15) is 11.8 Å². The topological polar surface area (TPSA) is 20.7 Å². The average Bonchev–Trinajstić information content (AvgIpc) is 2.56. The number of thioether (sulfide) groups is 1. The van der Waals surface area contributed by atoms with Crippen LogP contribution in [0.15, 0.2) is 18.2 Å². The van der Waals surface area contributed by atoms with E-state index in [0.717, 1.165) is 27.4 Å². The van der Waals surface area contributed by atoms with E-state index in [-0.39, 0.29) is 0 Å². The molecule has 16 heavy (non-hydrogen) atoms. The Balaban J connectivity index is 2.59. The Kier molecular flexibility index (Phi) is 3.62. The number of halogens is 1. The molecule has 0 spiro atoms. The molecule has 0 aliphatic heterocycles. The van der Waals surface area contributed by atoms with Crippen molar-refractivity contribution in [2.24, 2.45) is 0 Å². The van der Waals surface area contributed by atoms with Crippen molar-refractivity contribution in [1.29, 1.82) is 0 Å². The van der Waals surface area contributed by atoms with Crippen LogP contribution in [0.5, 0.6) is 0 Å². The lowest BCUT2D eigenvalue weighted by Crippen LogP contribution is -2.08. The molecule has 1 aromatic heterocycles. The number of hydrogen-bond donors (Lipinski definition) is 1. The number of nitrogens with one attached hydrogen (secondary N) is 1. The van der Waals surface area contributed by atoms with E-state index in [1.54, 1.807) is 0 Å². The average molecular weight is 273 g/mol. The summed E-state index contributed by atoms with van der Waals surface area (Å²) in [5.41, 5.74) is 2.01. The second-order valence-corrected chi connectivity index (χ2v) is 5.79. The summed E-state index contributed by atoms with van der Waals surface area (Å²) in [5.74, 6) is 0. The smallest absolute Gasteiger partial charge is 0.178 e. The van der Waals surface area contributed by atoms with Crippen molar-refractivity contribution in [2.45, 2.75) is 18.7 Å². The molecule has 1 N–H and O–H groups in total. The Labute approximate surface area is 109 Å². The van der Waals surface area contributed by atoms with E-state index in [4.69, 9.17) is 23.8 Å². The van der Waals surface area contributed by atoms with E-state index in [9.17, 15) is 0 Å². The van der Waals surface area contributed by atoms with Crippen LogP contribution in [0.1, 0.15) is 6.92 Å². The van der Waals surface area contributed by atoms with Gasteiger partial charge in [-0.1, -0.05) is 24.6 Å². The van der Waals surface area contributed by atoms with E-state index < -0.39 is 0 Å². The molecule has 0 amide bonds. The van der Waals surface area contributed by atoms with Gasteiger partial charge in [-0.15, -0.1) is 0 Å². The van der Waals surface area contributed by atoms with Crippen LogP contribution in [0.2, 0.25) is 5.02 Å². The fourth-order valence-corrected chi connectivity index (χ4v) is 2.53. The van der Waals surface area contributed by atoms with Gasteiger partial charge in [0.15, 0.2) is 4.77 Å². The van der Waals surface area contributed by atoms with Gasteiger partial charge in [0.2, 0.25) is 0 Å². The summed E-state index contributed by atoms with van der Waals surface area (Å²) in [5, 5.41) is 1.26. The van der Waals surface area contributed by atoms with Crippen molar-refractivity contribution in [2.75, 3.05) is 6.26 Å². The number of nitrogens with zero attached hydrogens (tertiary/aromatic N) is 1. The third-order valence-electron chi connectivity index (χ3n) is 2.59. The molecule has 1 aromatic carbocycles. The lowest BCUT2D eigenvalue weighted by atomic mass is 10.3. The first-order valence-electron chi connectivity index (χ1n) is 5.03. The highest BCUT2D eigenvalue weighted by molar-refractivity contribution is 7.99. The van der Waals surface area contributed by atoms with Gasteiger partial charge in [0, 0.05) is 11.8 Å². The van der Waals surface area contributed by atoms with Gasteiger partial charge in [-0.25, -0.2) is 0 Å². The van der Waals surface area contributed by atoms with Crippen LogP contribution >= 0.6 is 35.6 Å². The number of benzene rings is 1. The van der Waals surface area contributed by atoms with Gasteiger partial charge in [-0.3, -0.25) is 0 Å². The molecule has 0 bridgehead atoms. The van der Waals surface area contributed by atoms with Gasteiger partial charge in [0.1, 0.15) is 0 Å². The van der Waals surface area contributed by atoms with Crippen LogP contribution in [0.25, 0.3) is 11.0 Å². The number of H-pyrrole nitrogens is 1. The van der Waals surface area contributed by atoms with Crippen molar-refractivity contribution in [3.05, 3.63) is 28.0 Å². The molecular formula is C11H13ClN2S2. The Morgan fingerprint density at radius 3 is 3.00 bits per heavy atom. The minimum atomic E-state index is 0.516.